The van der Waals surface area contributed by atoms with Gasteiger partial charge in [0, 0.05) is 10.6 Å². The van der Waals surface area contributed by atoms with Crippen LogP contribution in [0.15, 0.2) is 41.5 Å². The maximum absolute atomic E-state index is 11.8. The highest BCUT2D eigenvalue weighted by atomic mass is 35.5. The van der Waals surface area contributed by atoms with E-state index in [1.165, 1.54) is 24.4 Å². The lowest BCUT2D eigenvalue weighted by molar-refractivity contribution is 0.0952. The van der Waals surface area contributed by atoms with Gasteiger partial charge in [0.15, 0.2) is 0 Å². The molecule has 2 rings (SSSR count). The van der Waals surface area contributed by atoms with Crippen LogP contribution in [0, 0.1) is 6.92 Å². The number of hydrazone groups is 1. The van der Waals surface area contributed by atoms with Crippen molar-refractivity contribution in [1.29, 1.82) is 0 Å². The second-order valence-corrected chi connectivity index (χ2v) is 4.86. The number of carbonyl (C=O) groups is 1. The second-order valence-electron chi connectivity index (χ2n) is 4.42. The Kier molecular flexibility index (Phi) is 4.45. The number of phenolic OH excluding ortho intramolecular Hbond substituents is 2. The Morgan fingerprint density at radius 2 is 1.95 bits per heavy atom. The molecule has 0 unspecified atom stereocenters. The quantitative estimate of drug-likeness (QED) is 0.602. The van der Waals surface area contributed by atoms with Crippen LogP contribution < -0.4 is 5.43 Å². The van der Waals surface area contributed by atoms with Crippen molar-refractivity contribution < 1.29 is 15.0 Å². The van der Waals surface area contributed by atoms with Gasteiger partial charge in [0.1, 0.15) is 11.5 Å². The van der Waals surface area contributed by atoms with Crippen molar-refractivity contribution in [2.75, 3.05) is 0 Å². The summed E-state index contributed by atoms with van der Waals surface area (Å²) in [6.07, 6.45) is 1.29. The number of phenols is 2. The third-order valence-electron chi connectivity index (χ3n) is 2.76. The van der Waals surface area contributed by atoms with Gasteiger partial charge in [-0.3, -0.25) is 4.79 Å². The molecule has 0 aliphatic rings. The molecule has 0 fully saturated rings. The minimum Gasteiger partial charge on any atom is -0.507 e. The average Bonchev–Trinajstić information content (AvgIpc) is 2.41. The summed E-state index contributed by atoms with van der Waals surface area (Å²) in [7, 11) is 0. The van der Waals surface area contributed by atoms with E-state index in [9.17, 15) is 15.0 Å². The molecule has 0 aliphatic heterocycles. The smallest absolute Gasteiger partial charge is 0.275 e. The van der Waals surface area contributed by atoms with E-state index in [2.05, 4.69) is 10.5 Å². The summed E-state index contributed by atoms with van der Waals surface area (Å²) in [5.41, 5.74) is 3.66. The van der Waals surface area contributed by atoms with Gasteiger partial charge in [0.05, 0.1) is 11.8 Å². The van der Waals surface area contributed by atoms with Crippen LogP contribution in [-0.4, -0.2) is 22.3 Å². The molecule has 108 valence electrons. The number of hydrogen-bond acceptors (Lipinski definition) is 4. The van der Waals surface area contributed by atoms with Crippen LogP contribution in [0.3, 0.4) is 0 Å². The summed E-state index contributed by atoms with van der Waals surface area (Å²) in [4.78, 5) is 11.8. The summed E-state index contributed by atoms with van der Waals surface area (Å²) in [5, 5.41) is 23.4. The first-order valence-corrected chi connectivity index (χ1v) is 6.46. The predicted octanol–water partition coefficient (Wildman–Crippen LogP) is 2.82. The zero-order valence-corrected chi connectivity index (χ0v) is 11.9. The fourth-order valence-corrected chi connectivity index (χ4v) is 1.85. The van der Waals surface area contributed by atoms with Crippen molar-refractivity contribution >= 4 is 23.7 Å². The molecule has 0 saturated carbocycles. The summed E-state index contributed by atoms with van der Waals surface area (Å²) in [6.45, 7) is 1.81. The van der Waals surface area contributed by atoms with Crippen molar-refractivity contribution in [3.8, 4) is 11.5 Å². The molecule has 0 aliphatic carbocycles. The molecule has 0 heterocycles. The number of aryl methyl sites for hydroxylation is 1. The van der Waals surface area contributed by atoms with Gasteiger partial charge >= 0.3 is 0 Å². The average molecular weight is 305 g/mol. The SMILES string of the molecule is Cc1ccc(C(=O)N/N=C/c2ccc(Cl)cc2O)c(O)c1. The van der Waals surface area contributed by atoms with Crippen molar-refractivity contribution in [2.24, 2.45) is 5.10 Å². The predicted molar refractivity (Wildman–Crippen MR) is 81.0 cm³/mol. The number of benzene rings is 2. The van der Waals surface area contributed by atoms with Crippen LogP contribution >= 0.6 is 11.6 Å². The summed E-state index contributed by atoms with van der Waals surface area (Å²) >= 11 is 5.71. The Balaban J connectivity index is 2.08. The van der Waals surface area contributed by atoms with Gasteiger partial charge in [-0.1, -0.05) is 17.7 Å². The Morgan fingerprint density at radius 3 is 2.62 bits per heavy atom. The number of halogens is 1. The molecule has 2 aromatic rings. The standard InChI is InChI=1S/C15H13ClN2O3/c1-9-2-5-12(14(20)6-9)15(21)18-17-8-10-3-4-11(16)7-13(10)19/h2-8,19-20H,1H3,(H,18,21)/b17-8+. The lowest BCUT2D eigenvalue weighted by Crippen LogP contribution is -2.17. The fourth-order valence-electron chi connectivity index (χ4n) is 1.68. The number of aromatic hydroxyl groups is 2. The molecule has 0 bridgehead atoms. The lowest BCUT2D eigenvalue weighted by atomic mass is 10.1. The van der Waals surface area contributed by atoms with Crippen molar-refractivity contribution in [2.45, 2.75) is 6.92 Å². The lowest BCUT2D eigenvalue weighted by Gasteiger charge is -2.04. The highest BCUT2D eigenvalue weighted by molar-refractivity contribution is 6.30. The van der Waals surface area contributed by atoms with E-state index < -0.39 is 5.91 Å². The molecular weight excluding hydrogens is 292 g/mol. The fraction of sp³-hybridized carbons (Fsp3) is 0.0667. The molecule has 5 nitrogen and oxygen atoms in total. The van der Waals surface area contributed by atoms with Gasteiger partial charge in [-0.05, 0) is 42.8 Å². The van der Waals surface area contributed by atoms with E-state index in [1.54, 1.807) is 18.2 Å². The topological polar surface area (TPSA) is 81.9 Å². The van der Waals surface area contributed by atoms with Crippen LogP contribution in [0.5, 0.6) is 11.5 Å². The van der Waals surface area contributed by atoms with Crippen molar-refractivity contribution in [1.82, 2.24) is 5.43 Å². The number of nitrogens with one attached hydrogen (secondary N) is 1. The summed E-state index contributed by atoms with van der Waals surface area (Å²) < 4.78 is 0. The first kappa shape index (κ1) is 14.9. The Hall–Kier alpha value is -2.53. The Labute approximate surface area is 126 Å². The van der Waals surface area contributed by atoms with Gasteiger partial charge in [-0.25, -0.2) is 5.43 Å². The third kappa shape index (κ3) is 3.73. The van der Waals surface area contributed by atoms with Crippen molar-refractivity contribution in [3.63, 3.8) is 0 Å². The molecule has 21 heavy (non-hydrogen) atoms. The molecule has 0 atom stereocenters. The molecular formula is C15H13ClN2O3. The second kappa shape index (κ2) is 6.28. The van der Waals surface area contributed by atoms with E-state index in [4.69, 9.17) is 11.6 Å². The maximum Gasteiger partial charge on any atom is 0.275 e. The zero-order chi connectivity index (χ0) is 15.4. The van der Waals surface area contributed by atoms with Gasteiger partial charge < -0.3 is 10.2 Å². The van der Waals surface area contributed by atoms with Gasteiger partial charge in [0.25, 0.3) is 5.91 Å². The molecule has 0 aromatic heterocycles. The molecule has 0 radical (unpaired) electrons. The highest BCUT2D eigenvalue weighted by Crippen LogP contribution is 2.20. The molecule has 0 saturated heterocycles. The zero-order valence-electron chi connectivity index (χ0n) is 11.2. The number of nitrogens with zero attached hydrogens (tertiary/aromatic N) is 1. The Bertz CT molecular complexity index is 714. The molecule has 1 amide bonds. The number of hydrogen-bond donors (Lipinski definition) is 3. The number of carbonyl (C=O) groups excluding carboxylic acids is 1. The Morgan fingerprint density at radius 1 is 1.19 bits per heavy atom. The maximum atomic E-state index is 11.8. The molecule has 6 heteroatoms. The molecule has 0 spiro atoms. The largest absolute Gasteiger partial charge is 0.507 e. The first-order chi connectivity index (χ1) is 9.97. The minimum atomic E-state index is -0.544. The molecule has 3 N–H and O–H groups in total. The van der Waals surface area contributed by atoms with Gasteiger partial charge in [-0.2, -0.15) is 5.10 Å². The van der Waals surface area contributed by atoms with Crippen LogP contribution in [0.2, 0.25) is 5.02 Å². The van der Waals surface area contributed by atoms with E-state index in [0.29, 0.717) is 10.6 Å². The van der Waals surface area contributed by atoms with Crippen LogP contribution in [0.25, 0.3) is 0 Å². The van der Waals surface area contributed by atoms with E-state index in [0.717, 1.165) is 5.56 Å². The normalized spacial score (nSPS) is 10.8. The molecule has 2 aromatic carbocycles. The van der Waals surface area contributed by atoms with Crippen LogP contribution in [-0.2, 0) is 0 Å². The van der Waals surface area contributed by atoms with Crippen molar-refractivity contribution in [3.05, 3.63) is 58.1 Å². The van der Waals surface area contributed by atoms with Gasteiger partial charge in [-0.15, -0.1) is 0 Å². The minimum absolute atomic E-state index is 0.0429. The van der Waals surface area contributed by atoms with E-state index in [1.807, 2.05) is 6.92 Å². The van der Waals surface area contributed by atoms with Crippen LogP contribution in [0.1, 0.15) is 21.5 Å². The van der Waals surface area contributed by atoms with E-state index in [-0.39, 0.29) is 17.1 Å². The van der Waals surface area contributed by atoms with Gasteiger partial charge in [0.2, 0.25) is 0 Å². The summed E-state index contributed by atoms with van der Waals surface area (Å²) in [6, 6.07) is 9.24. The van der Waals surface area contributed by atoms with Crippen LogP contribution in [0.4, 0.5) is 0 Å². The summed E-state index contributed by atoms with van der Waals surface area (Å²) in [5.74, 6) is -0.701. The number of amides is 1. The highest BCUT2D eigenvalue weighted by Gasteiger charge is 2.09. The third-order valence-corrected chi connectivity index (χ3v) is 3.00. The monoisotopic (exact) mass is 304 g/mol. The first-order valence-electron chi connectivity index (χ1n) is 6.09. The van der Waals surface area contributed by atoms with E-state index >= 15 is 0 Å². The number of rotatable bonds is 3.